The molecule has 0 heterocycles. The van der Waals surface area contributed by atoms with Crippen molar-refractivity contribution in [2.45, 2.75) is 110 Å². The van der Waals surface area contributed by atoms with Crippen molar-refractivity contribution in [1.29, 1.82) is 0 Å². The maximum Gasteiger partial charge on any atom is 0.0591 e. The first-order valence-corrected chi connectivity index (χ1v) is 11.6. The number of aliphatic hydroxyl groups excluding tert-OH is 1. The zero-order valence-electron chi connectivity index (χ0n) is 24.8. The summed E-state index contributed by atoms with van der Waals surface area (Å²) in [6.45, 7) is 2.91. The van der Waals surface area contributed by atoms with Gasteiger partial charge in [0.05, 0.1) is 11.7 Å². The molecule has 4 N–H and O–H groups in total. The summed E-state index contributed by atoms with van der Waals surface area (Å²) in [5.74, 6) is 1.33. The van der Waals surface area contributed by atoms with Crippen LogP contribution in [0.25, 0.3) is 0 Å². The molecule has 172 valence electrons. The van der Waals surface area contributed by atoms with Crippen molar-refractivity contribution in [3.63, 3.8) is 0 Å². The predicted molar refractivity (Wildman–Crippen MR) is 126 cm³/mol. The smallest absolute Gasteiger partial charge is 0.0591 e. The third-order valence-electron chi connectivity index (χ3n) is 8.11. The van der Waals surface area contributed by atoms with Crippen LogP contribution >= 0.6 is 0 Å². The van der Waals surface area contributed by atoms with Gasteiger partial charge in [0.15, 0.2) is 0 Å². The van der Waals surface area contributed by atoms with Crippen LogP contribution in [0.2, 0.25) is 0 Å². The van der Waals surface area contributed by atoms with Crippen molar-refractivity contribution in [3.05, 3.63) is 35.5 Å². The topological polar surface area (TPSA) is 72.0 Å². The molecule has 0 aromatic rings. The molecule has 5 atom stereocenters. The van der Waals surface area contributed by atoms with Crippen molar-refractivity contribution in [2.24, 2.45) is 23.2 Å². The Labute approximate surface area is 193 Å². The minimum Gasteiger partial charge on any atom is -0.412 e. The first kappa shape index (κ1) is 17.6. The Morgan fingerprint density at radius 3 is 2.77 bits per heavy atom. The van der Waals surface area contributed by atoms with Crippen LogP contribution in [-0.4, -0.2) is 27.4 Å². The summed E-state index contributed by atoms with van der Waals surface area (Å²) >= 11 is 0. The number of hydrogen-bond donors (Lipinski definition) is 2. The number of hydrogen-bond acceptors (Lipinski definition) is 2. The van der Waals surface area contributed by atoms with Crippen LogP contribution < -0.4 is 0 Å². The largest absolute Gasteiger partial charge is 0.412 e. The molecule has 0 saturated heterocycles. The maximum atomic E-state index is 10.6. The molecule has 3 rings (SSSR count). The molecule has 0 spiro atoms. The first-order valence-electron chi connectivity index (χ1n) is 14.6. The van der Waals surface area contributed by atoms with Crippen molar-refractivity contribution in [2.75, 3.05) is 0 Å². The average Bonchev–Trinajstić information content (AvgIpc) is 3.10. The Hall–Kier alpha value is -0.900. The van der Waals surface area contributed by atoms with Crippen LogP contribution in [-0.2, 0) is 0 Å². The molecule has 0 radical (unpaired) electrons. The lowest BCUT2D eigenvalue weighted by atomic mass is 9.60. The fraction of sp³-hybridized carbons (Fsp3) is 0.778. The van der Waals surface area contributed by atoms with Gasteiger partial charge >= 0.3 is 0 Å². The van der Waals surface area contributed by atoms with E-state index in [-0.39, 0.29) is 23.4 Å². The zero-order chi connectivity index (χ0) is 26.2. The predicted octanol–water partition coefficient (Wildman–Crippen LogP) is 5.91. The first-order chi connectivity index (χ1) is 16.1. The van der Waals surface area contributed by atoms with E-state index in [9.17, 15) is 10.2 Å². The molecule has 0 aliphatic heterocycles. The fourth-order valence-electron chi connectivity index (χ4n) is 6.49. The van der Waals surface area contributed by atoms with Gasteiger partial charge in [-0.15, -0.1) is 0 Å². The molecule has 3 aliphatic rings. The third kappa shape index (κ3) is 5.87. The zero-order valence-corrected chi connectivity index (χ0v) is 18.8. The molecule has 0 aromatic carbocycles. The monoisotopic (exact) mass is 424 g/mol. The second kappa shape index (κ2) is 10.1. The summed E-state index contributed by atoms with van der Waals surface area (Å²) in [4.78, 5) is 0. The van der Waals surface area contributed by atoms with E-state index in [1.54, 1.807) is 0 Å². The van der Waals surface area contributed by atoms with Gasteiger partial charge in [-0.05, 0) is 100 Å². The normalized spacial score (nSPS) is 39.7. The average molecular weight is 425 g/mol. The van der Waals surface area contributed by atoms with Gasteiger partial charge < -0.3 is 15.7 Å². The molecule has 3 nitrogen and oxygen atoms in total. The number of allylic oxidation sites excluding steroid dienone is 4. The molecule has 3 heteroatoms. The molecule has 0 amide bonds. The number of rotatable bonds is 6. The summed E-state index contributed by atoms with van der Waals surface area (Å²) in [6, 6.07) is 0. The van der Waals surface area contributed by atoms with E-state index in [0.29, 0.717) is 37.0 Å². The molecule has 30 heavy (non-hydrogen) atoms. The van der Waals surface area contributed by atoms with E-state index in [2.05, 4.69) is 32.6 Å². The summed E-state index contributed by atoms with van der Waals surface area (Å²) in [5.41, 5.74) is 1.32. The summed E-state index contributed by atoms with van der Waals surface area (Å²) < 4.78 is 45.6. The van der Waals surface area contributed by atoms with Crippen LogP contribution in [0, 0.1) is 23.2 Å². The summed E-state index contributed by atoms with van der Waals surface area (Å²) in [5, 5.41) is 20.6. The quantitative estimate of drug-likeness (QED) is 0.556. The summed E-state index contributed by atoms with van der Waals surface area (Å²) in [7, 11) is 0. The summed E-state index contributed by atoms with van der Waals surface area (Å²) in [6.07, 6.45) is 13.1. The molecular formula is C27H46O3. The van der Waals surface area contributed by atoms with Gasteiger partial charge in [-0.1, -0.05) is 56.6 Å². The lowest BCUT2D eigenvalue weighted by Crippen LogP contribution is -2.36. The lowest BCUT2D eigenvalue weighted by Gasteiger charge is -2.44. The van der Waals surface area contributed by atoms with Gasteiger partial charge in [0.25, 0.3) is 0 Å². The minimum absolute atomic E-state index is 0. The molecule has 3 fully saturated rings. The van der Waals surface area contributed by atoms with Crippen LogP contribution in [0.15, 0.2) is 35.5 Å². The van der Waals surface area contributed by atoms with Crippen LogP contribution in [0.4, 0.5) is 0 Å². The standard InChI is InChI=1S/C27H44O2.H2O/c1-19-10-13-23(28)18-22(19)12-11-21-9-7-17-27(5)24(14-15-25(21)27)20(2)8-6-16-26(3,4)29;/h11-12,20,23-25,28-29H,1,6-10,13-18H2,2-5H3;1H2/b21-11+,22-12-;/t20-,23+,24?,25?,27-;/m1./s1/i3D3,4D3;. The number of aliphatic hydroxyl groups is 2. The highest BCUT2D eigenvalue weighted by Crippen LogP contribution is 2.60. The van der Waals surface area contributed by atoms with Gasteiger partial charge in [0, 0.05) is 8.22 Å². The Morgan fingerprint density at radius 2 is 2.03 bits per heavy atom. The molecule has 0 aromatic heterocycles. The second-order valence-electron chi connectivity index (χ2n) is 10.3. The highest BCUT2D eigenvalue weighted by molar-refractivity contribution is 5.36. The van der Waals surface area contributed by atoms with E-state index in [1.807, 2.05) is 0 Å². The van der Waals surface area contributed by atoms with Crippen LogP contribution in [0.1, 0.15) is 106 Å². The van der Waals surface area contributed by atoms with E-state index in [0.717, 1.165) is 44.1 Å². The second-order valence-corrected chi connectivity index (χ2v) is 10.3. The van der Waals surface area contributed by atoms with E-state index in [4.69, 9.17) is 8.22 Å². The maximum absolute atomic E-state index is 10.6. The van der Waals surface area contributed by atoms with Gasteiger partial charge in [0.2, 0.25) is 0 Å². The van der Waals surface area contributed by atoms with Crippen molar-refractivity contribution in [1.82, 2.24) is 0 Å². The SMILES string of the molecule is O.[2H]C([2H])([2H])C(O)(CCC[C@@H](C)C1CCC2/C(=C/C=C3/C[C@@H](O)CCC3=C)CCC[C@@]21C)C([2H])([2H])[2H]. The minimum atomic E-state index is -2.94. The molecular weight excluding hydrogens is 372 g/mol. The molecule has 0 bridgehead atoms. The molecule has 3 saturated carbocycles. The third-order valence-corrected chi connectivity index (χ3v) is 8.11. The Morgan fingerprint density at radius 1 is 1.27 bits per heavy atom. The van der Waals surface area contributed by atoms with Gasteiger partial charge in [-0.3, -0.25) is 0 Å². The highest BCUT2D eigenvalue weighted by Gasteiger charge is 2.50. The highest BCUT2D eigenvalue weighted by atomic mass is 16.3. The van der Waals surface area contributed by atoms with E-state index < -0.39 is 19.3 Å². The van der Waals surface area contributed by atoms with Gasteiger partial charge in [-0.25, -0.2) is 0 Å². The van der Waals surface area contributed by atoms with Crippen molar-refractivity contribution in [3.8, 4) is 0 Å². The Balaban J connectivity index is 0.00000456. The van der Waals surface area contributed by atoms with Crippen molar-refractivity contribution >= 4 is 0 Å². The van der Waals surface area contributed by atoms with Crippen LogP contribution in [0.3, 0.4) is 0 Å². The van der Waals surface area contributed by atoms with Crippen LogP contribution in [0.5, 0.6) is 0 Å². The van der Waals surface area contributed by atoms with Gasteiger partial charge in [0.1, 0.15) is 0 Å². The van der Waals surface area contributed by atoms with E-state index in [1.165, 1.54) is 17.6 Å². The fourth-order valence-corrected chi connectivity index (χ4v) is 6.49. The van der Waals surface area contributed by atoms with Crippen molar-refractivity contribution < 1.29 is 23.9 Å². The number of fused-ring (bicyclic) bond motifs is 1. The Bertz CT molecular complexity index is 829. The molecule has 3 aliphatic carbocycles. The van der Waals surface area contributed by atoms with E-state index >= 15 is 0 Å². The lowest BCUT2D eigenvalue weighted by molar-refractivity contribution is 0.0596. The molecule has 2 unspecified atom stereocenters. The van der Waals surface area contributed by atoms with Gasteiger partial charge in [-0.2, -0.15) is 0 Å². The Kier molecular flexibility index (Phi) is 5.96.